The minimum absolute atomic E-state index is 0.351. The Morgan fingerprint density at radius 1 is 1.18 bits per heavy atom. The van der Waals surface area contributed by atoms with Gasteiger partial charge in [-0.3, -0.25) is 0 Å². The predicted molar refractivity (Wildman–Crippen MR) is 81.2 cm³/mol. The fourth-order valence-corrected chi connectivity index (χ4v) is 2.88. The number of hydrogen-bond acceptors (Lipinski definition) is 4. The number of ether oxygens (including phenoxy) is 2. The molecule has 0 amide bonds. The number of methoxy groups -OCH3 is 1. The summed E-state index contributed by atoms with van der Waals surface area (Å²) in [5, 5.41) is 9.20. The molecule has 0 spiro atoms. The van der Waals surface area contributed by atoms with Crippen molar-refractivity contribution in [1.82, 2.24) is 0 Å². The van der Waals surface area contributed by atoms with Gasteiger partial charge >= 0.3 is 5.97 Å². The van der Waals surface area contributed by atoms with Crippen molar-refractivity contribution in [2.45, 2.75) is 20.1 Å². The number of fused-ring (bicyclic) bond motifs is 1. The van der Waals surface area contributed by atoms with Crippen LogP contribution in [-0.2, 0) is 22.7 Å². The number of nitriles is 1. The first-order valence-electron chi connectivity index (χ1n) is 6.98. The van der Waals surface area contributed by atoms with Crippen LogP contribution in [0.3, 0.4) is 0 Å². The molecule has 0 aliphatic carbocycles. The number of esters is 1. The van der Waals surface area contributed by atoms with Crippen molar-refractivity contribution in [2.24, 2.45) is 0 Å². The number of hydrogen-bond donors (Lipinski definition) is 0. The van der Waals surface area contributed by atoms with Crippen LogP contribution in [0.25, 0.3) is 11.1 Å². The van der Waals surface area contributed by atoms with Crippen LogP contribution in [0.1, 0.15) is 32.6 Å². The van der Waals surface area contributed by atoms with Crippen molar-refractivity contribution in [3.63, 3.8) is 0 Å². The number of rotatable bonds is 2. The normalized spacial score (nSPS) is 12.6. The number of nitrogens with zero attached hydrogens (tertiary/aromatic N) is 1. The molecule has 0 saturated carbocycles. The third-order valence-electron chi connectivity index (χ3n) is 4.07. The molecule has 4 heteroatoms. The Balaban J connectivity index is 2.21. The lowest BCUT2D eigenvalue weighted by Gasteiger charge is -2.13. The van der Waals surface area contributed by atoms with Gasteiger partial charge in [-0.15, -0.1) is 0 Å². The SMILES string of the molecule is COC(=O)c1ccc(-c2cccc(C#N)c2C)c2c1COC2. The Kier molecular flexibility index (Phi) is 3.66. The van der Waals surface area contributed by atoms with E-state index in [2.05, 4.69) is 6.07 Å². The van der Waals surface area contributed by atoms with Crippen LogP contribution in [0.4, 0.5) is 0 Å². The first-order chi connectivity index (χ1) is 10.7. The van der Waals surface area contributed by atoms with E-state index in [-0.39, 0.29) is 5.97 Å². The highest BCUT2D eigenvalue weighted by Gasteiger charge is 2.24. The molecule has 2 aromatic carbocycles. The maximum Gasteiger partial charge on any atom is 0.338 e. The fourth-order valence-electron chi connectivity index (χ4n) is 2.88. The summed E-state index contributed by atoms with van der Waals surface area (Å²) < 4.78 is 10.4. The maximum absolute atomic E-state index is 11.9. The van der Waals surface area contributed by atoms with Crippen LogP contribution < -0.4 is 0 Å². The Labute approximate surface area is 128 Å². The quantitative estimate of drug-likeness (QED) is 0.797. The van der Waals surface area contributed by atoms with E-state index in [1.165, 1.54) is 7.11 Å². The van der Waals surface area contributed by atoms with Crippen LogP contribution in [0.2, 0.25) is 0 Å². The zero-order valence-corrected chi connectivity index (χ0v) is 12.5. The second-order valence-electron chi connectivity index (χ2n) is 5.19. The van der Waals surface area contributed by atoms with E-state index in [9.17, 15) is 10.1 Å². The molecule has 110 valence electrons. The molecule has 3 rings (SSSR count). The number of carbonyl (C=O) groups excluding carboxylic acids is 1. The molecule has 0 atom stereocenters. The van der Waals surface area contributed by atoms with Gasteiger partial charge in [0, 0.05) is 0 Å². The van der Waals surface area contributed by atoms with E-state index in [1.54, 1.807) is 12.1 Å². The number of benzene rings is 2. The Morgan fingerprint density at radius 3 is 2.68 bits per heavy atom. The first kappa shape index (κ1) is 14.3. The molecule has 0 radical (unpaired) electrons. The van der Waals surface area contributed by atoms with Gasteiger partial charge in [0.15, 0.2) is 0 Å². The minimum Gasteiger partial charge on any atom is -0.465 e. The second kappa shape index (κ2) is 5.63. The van der Waals surface area contributed by atoms with Gasteiger partial charge in [-0.2, -0.15) is 5.26 Å². The van der Waals surface area contributed by atoms with Crippen molar-refractivity contribution in [2.75, 3.05) is 7.11 Å². The highest BCUT2D eigenvalue weighted by Crippen LogP contribution is 2.35. The molecular formula is C18H15NO3. The van der Waals surface area contributed by atoms with Gasteiger partial charge in [-0.25, -0.2) is 4.79 Å². The Hall–Kier alpha value is -2.64. The topological polar surface area (TPSA) is 59.3 Å². The standard InChI is InChI=1S/C18H15NO3/c1-11-12(8-19)4-3-5-13(11)14-6-7-15(18(20)21-2)17-10-22-9-16(14)17/h3-7H,9-10H2,1-2H3. The lowest BCUT2D eigenvalue weighted by atomic mass is 9.90. The molecule has 4 nitrogen and oxygen atoms in total. The Morgan fingerprint density at radius 2 is 1.95 bits per heavy atom. The summed E-state index contributed by atoms with van der Waals surface area (Å²) in [7, 11) is 1.37. The largest absolute Gasteiger partial charge is 0.465 e. The van der Waals surface area contributed by atoms with Crippen molar-refractivity contribution in [3.05, 3.63) is 58.1 Å². The highest BCUT2D eigenvalue weighted by molar-refractivity contribution is 5.93. The highest BCUT2D eigenvalue weighted by atomic mass is 16.5. The molecule has 0 aromatic heterocycles. The van der Waals surface area contributed by atoms with E-state index in [1.807, 2.05) is 25.1 Å². The van der Waals surface area contributed by atoms with Gasteiger partial charge in [0.1, 0.15) is 0 Å². The molecule has 0 bridgehead atoms. The molecule has 1 heterocycles. The second-order valence-corrected chi connectivity index (χ2v) is 5.19. The predicted octanol–water partition coefficient (Wildman–Crippen LogP) is 3.35. The smallest absolute Gasteiger partial charge is 0.338 e. The van der Waals surface area contributed by atoms with Gasteiger partial charge in [0.2, 0.25) is 0 Å². The third kappa shape index (κ3) is 2.16. The fraction of sp³-hybridized carbons (Fsp3) is 0.222. The van der Waals surface area contributed by atoms with Gasteiger partial charge in [-0.1, -0.05) is 18.2 Å². The Bertz CT molecular complexity index is 803. The van der Waals surface area contributed by atoms with Crippen molar-refractivity contribution < 1.29 is 14.3 Å². The summed E-state index contributed by atoms with van der Waals surface area (Å²) in [6.07, 6.45) is 0. The van der Waals surface area contributed by atoms with Crippen LogP contribution in [-0.4, -0.2) is 13.1 Å². The average molecular weight is 293 g/mol. The minimum atomic E-state index is -0.351. The molecule has 0 unspecified atom stereocenters. The zero-order chi connectivity index (χ0) is 15.7. The molecule has 0 fully saturated rings. The van der Waals surface area contributed by atoms with Crippen LogP contribution in [0.15, 0.2) is 30.3 Å². The van der Waals surface area contributed by atoms with E-state index >= 15 is 0 Å². The lowest BCUT2D eigenvalue weighted by molar-refractivity contribution is 0.0596. The summed E-state index contributed by atoms with van der Waals surface area (Å²) in [5.41, 5.74) is 6.03. The molecule has 0 N–H and O–H groups in total. The maximum atomic E-state index is 11.9. The molecule has 22 heavy (non-hydrogen) atoms. The van der Waals surface area contributed by atoms with Crippen molar-refractivity contribution in [1.29, 1.82) is 5.26 Å². The summed E-state index contributed by atoms with van der Waals surface area (Å²) in [6.45, 7) is 2.81. The van der Waals surface area contributed by atoms with E-state index < -0.39 is 0 Å². The average Bonchev–Trinajstić information content (AvgIpc) is 3.03. The van der Waals surface area contributed by atoms with Gasteiger partial charge in [0.25, 0.3) is 0 Å². The van der Waals surface area contributed by atoms with Crippen molar-refractivity contribution in [3.8, 4) is 17.2 Å². The molecule has 1 aliphatic rings. The van der Waals surface area contributed by atoms with E-state index in [0.29, 0.717) is 24.3 Å². The van der Waals surface area contributed by atoms with Gasteiger partial charge in [-0.05, 0) is 46.9 Å². The van der Waals surface area contributed by atoms with Gasteiger partial charge < -0.3 is 9.47 Å². The lowest BCUT2D eigenvalue weighted by Crippen LogP contribution is -2.06. The van der Waals surface area contributed by atoms with Crippen LogP contribution >= 0.6 is 0 Å². The molecular weight excluding hydrogens is 278 g/mol. The van der Waals surface area contributed by atoms with E-state index in [0.717, 1.165) is 27.8 Å². The molecule has 1 aliphatic heterocycles. The zero-order valence-electron chi connectivity index (χ0n) is 12.5. The third-order valence-corrected chi connectivity index (χ3v) is 4.07. The monoisotopic (exact) mass is 293 g/mol. The molecule has 2 aromatic rings. The first-order valence-corrected chi connectivity index (χ1v) is 6.98. The van der Waals surface area contributed by atoms with Crippen LogP contribution in [0, 0.1) is 18.3 Å². The van der Waals surface area contributed by atoms with E-state index in [4.69, 9.17) is 9.47 Å². The summed E-state index contributed by atoms with van der Waals surface area (Å²) in [5.74, 6) is -0.351. The van der Waals surface area contributed by atoms with Gasteiger partial charge in [0.05, 0.1) is 37.5 Å². The van der Waals surface area contributed by atoms with Crippen LogP contribution in [0.5, 0.6) is 0 Å². The van der Waals surface area contributed by atoms with Crippen molar-refractivity contribution >= 4 is 5.97 Å². The molecule has 0 saturated heterocycles. The summed E-state index contributed by atoms with van der Waals surface area (Å²) in [4.78, 5) is 11.9. The number of carbonyl (C=O) groups is 1. The summed E-state index contributed by atoms with van der Waals surface area (Å²) >= 11 is 0. The summed E-state index contributed by atoms with van der Waals surface area (Å²) in [6, 6.07) is 11.5.